The third kappa shape index (κ3) is 4.94. The number of rotatable bonds is 6. The van der Waals surface area contributed by atoms with Gasteiger partial charge in [-0.3, -0.25) is 9.78 Å². The van der Waals surface area contributed by atoms with Gasteiger partial charge >= 0.3 is 0 Å². The van der Waals surface area contributed by atoms with Crippen LogP contribution in [0, 0.1) is 0 Å². The molecule has 0 saturated heterocycles. The van der Waals surface area contributed by atoms with Gasteiger partial charge in [0.2, 0.25) is 0 Å². The van der Waals surface area contributed by atoms with Gasteiger partial charge in [0.15, 0.2) is 0 Å². The molecular weight excluding hydrogens is 328 g/mol. The summed E-state index contributed by atoms with van der Waals surface area (Å²) in [6, 6.07) is 19.7. The average Bonchev–Trinajstić information content (AvgIpc) is 2.65. The summed E-state index contributed by atoms with van der Waals surface area (Å²) in [5, 5.41) is 2.95. The Hall–Kier alpha value is -2.59. The van der Waals surface area contributed by atoms with E-state index in [1.807, 2.05) is 60.7 Å². The fourth-order valence-electron chi connectivity index (χ4n) is 2.56. The lowest BCUT2D eigenvalue weighted by atomic mass is 10.1. The first-order valence-corrected chi connectivity index (χ1v) is 9.51. The highest BCUT2D eigenvalue weighted by molar-refractivity contribution is 7.97. The van der Waals surface area contributed by atoms with Crippen molar-refractivity contribution in [3.05, 3.63) is 95.3 Å². The van der Waals surface area contributed by atoms with Crippen LogP contribution < -0.4 is 5.32 Å². The number of thioether (sulfide) groups is 1. The van der Waals surface area contributed by atoms with E-state index in [4.69, 9.17) is 0 Å². The molecule has 25 heavy (non-hydrogen) atoms. The zero-order valence-electron chi connectivity index (χ0n) is 14.1. The second-order valence-corrected chi connectivity index (χ2v) is 6.68. The van der Waals surface area contributed by atoms with E-state index in [-0.39, 0.29) is 5.91 Å². The van der Waals surface area contributed by atoms with E-state index in [1.54, 1.807) is 24.2 Å². The van der Waals surface area contributed by atoms with Gasteiger partial charge in [0.1, 0.15) is 0 Å². The molecule has 0 radical (unpaired) electrons. The standard InChI is InChI=1S/C21H20N2OS/c1-25-15-18-2-6-19(7-3-18)21(24)23-20-8-4-16(5-9-20)14-17-10-12-22-13-11-17/h2-13H,14-15H2,1H3,(H,23,24). The Bertz CT molecular complexity index is 815. The Labute approximate surface area is 152 Å². The Morgan fingerprint density at radius 1 is 0.880 bits per heavy atom. The highest BCUT2D eigenvalue weighted by Gasteiger charge is 2.06. The molecule has 3 aromatic rings. The highest BCUT2D eigenvalue weighted by atomic mass is 32.2. The van der Waals surface area contributed by atoms with Gasteiger partial charge in [-0.2, -0.15) is 11.8 Å². The van der Waals surface area contributed by atoms with E-state index in [9.17, 15) is 4.79 Å². The molecule has 2 aromatic carbocycles. The topological polar surface area (TPSA) is 42.0 Å². The summed E-state index contributed by atoms with van der Waals surface area (Å²) >= 11 is 1.77. The van der Waals surface area contributed by atoms with Crippen LogP contribution in [0.15, 0.2) is 73.1 Å². The molecule has 0 spiro atoms. The molecule has 0 bridgehead atoms. The van der Waals surface area contributed by atoms with Crippen molar-refractivity contribution in [1.29, 1.82) is 0 Å². The van der Waals surface area contributed by atoms with Crippen molar-refractivity contribution in [3.8, 4) is 0 Å². The lowest BCUT2D eigenvalue weighted by Gasteiger charge is -2.08. The van der Waals surface area contributed by atoms with Crippen molar-refractivity contribution in [3.63, 3.8) is 0 Å². The number of nitrogens with one attached hydrogen (secondary N) is 1. The fourth-order valence-corrected chi connectivity index (χ4v) is 3.09. The third-order valence-electron chi connectivity index (χ3n) is 3.90. The first-order chi connectivity index (χ1) is 12.2. The van der Waals surface area contributed by atoms with E-state index in [2.05, 4.69) is 16.6 Å². The summed E-state index contributed by atoms with van der Waals surface area (Å²) in [4.78, 5) is 16.4. The van der Waals surface area contributed by atoms with Crippen molar-refractivity contribution in [2.45, 2.75) is 12.2 Å². The molecule has 0 aliphatic carbocycles. The number of hydrogen-bond acceptors (Lipinski definition) is 3. The minimum absolute atomic E-state index is 0.0856. The molecule has 1 N–H and O–H groups in total. The number of carbonyl (C=O) groups is 1. The maximum absolute atomic E-state index is 12.3. The van der Waals surface area contributed by atoms with Gasteiger partial charge in [-0.25, -0.2) is 0 Å². The van der Waals surface area contributed by atoms with Gasteiger partial charge in [0.05, 0.1) is 0 Å². The Balaban J connectivity index is 1.61. The van der Waals surface area contributed by atoms with Gasteiger partial charge in [-0.1, -0.05) is 24.3 Å². The predicted molar refractivity (Wildman–Crippen MR) is 105 cm³/mol. The van der Waals surface area contributed by atoms with E-state index in [1.165, 1.54) is 16.7 Å². The normalized spacial score (nSPS) is 10.4. The minimum Gasteiger partial charge on any atom is -0.322 e. The van der Waals surface area contributed by atoms with Gasteiger partial charge in [-0.15, -0.1) is 0 Å². The van der Waals surface area contributed by atoms with E-state index in [0.29, 0.717) is 5.56 Å². The van der Waals surface area contributed by atoms with Gasteiger partial charge in [0.25, 0.3) is 5.91 Å². The van der Waals surface area contributed by atoms with Crippen LogP contribution in [-0.4, -0.2) is 17.1 Å². The smallest absolute Gasteiger partial charge is 0.255 e. The number of amides is 1. The Morgan fingerprint density at radius 3 is 2.12 bits per heavy atom. The van der Waals surface area contributed by atoms with Crippen molar-refractivity contribution in [2.75, 3.05) is 11.6 Å². The summed E-state index contributed by atoms with van der Waals surface area (Å²) in [6.45, 7) is 0. The minimum atomic E-state index is -0.0856. The van der Waals surface area contributed by atoms with Gasteiger partial charge < -0.3 is 5.32 Å². The van der Waals surface area contributed by atoms with Crippen molar-refractivity contribution in [2.24, 2.45) is 0 Å². The Kier molecular flexibility index (Phi) is 5.86. The van der Waals surface area contributed by atoms with E-state index < -0.39 is 0 Å². The number of carbonyl (C=O) groups excluding carboxylic acids is 1. The van der Waals surface area contributed by atoms with Crippen LogP contribution in [0.25, 0.3) is 0 Å². The molecule has 0 saturated carbocycles. The molecular formula is C21H20N2OS. The predicted octanol–water partition coefficient (Wildman–Crippen LogP) is 4.79. The fraction of sp³-hybridized carbons (Fsp3) is 0.143. The van der Waals surface area contributed by atoms with Crippen LogP contribution in [0.3, 0.4) is 0 Å². The van der Waals surface area contributed by atoms with Crippen LogP contribution in [0.1, 0.15) is 27.0 Å². The second kappa shape index (κ2) is 8.49. The summed E-state index contributed by atoms with van der Waals surface area (Å²) in [5.41, 5.74) is 5.12. The maximum atomic E-state index is 12.3. The maximum Gasteiger partial charge on any atom is 0.255 e. The molecule has 1 heterocycles. The highest BCUT2D eigenvalue weighted by Crippen LogP contribution is 2.15. The Morgan fingerprint density at radius 2 is 1.48 bits per heavy atom. The van der Waals surface area contributed by atoms with Crippen LogP contribution in [0.2, 0.25) is 0 Å². The first kappa shape index (κ1) is 17.2. The number of hydrogen-bond donors (Lipinski definition) is 1. The van der Waals surface area contributed by atoms with Crippen molar-refractivity contribution < 1.29 is 4.79 Å². The van der Waals surface area contributed by atoms with Crippen LogP contribution in [0.5, 0.6) is 0 Å². The molecule has 0 unspecified atom stereocenters. The summed E-state index contributed by atoms with van der Waals surface area (Å²) in [5.74, 6) is 0.874. The third-order valence-corrected chi connectivity index (χ3v) is 4.52. The number of anilines is 1. The van der Waals surface area contributed by atoms with Crippen molar-refractivity contribution in [1.82, 2.24) is 4.98 Å². The molecule has 1 amide bonds. The summed E-state index contributed by atoms with van der Waals surface area (Å²) in [7, 11) is 0. The molecule has 0 aliphatic heterocycles. The van der Waals surface area contributed by atoms with E-state index in [0.717, 1.165) is 17.9 Å². The molecule has 126 valence electrons. The lowest BCUT2D eigenvalue weighted by molar-refractivity contribution is 0.102. The van der Waals surface area contributed by atoms with E-state index >= 15 is 0 Å². The molecule has 0 fully saturated rings. The van der Waals surface area contributed by atoms with Gasteiger partial charge in [0, 0.05) is 29.4 Å². The summed E-state index contributed by atoms with van der Waals surface area (Å²) in [6.07, 6.45) is 6.52. The van der Waals surface area contributed by atoms with Gasteiger partial charge in [-0.05, 0) is 65.8 Å². The zero-order chi connectivity index (χ0) is 17.5. The lowest BCUT2D eigenvalue weighted by Crippen LogP contribution is -2.11. The average molecular weight is 348 g/mol. The number of benzene rings is 2. The SMILES string of the molecule is CSCc1ccc(C(=O)Nc2ccc(Cc3ccncc3)cc2)cc1. The van der Waals surface area contributed by atoms with Crippen LogP contribution >= 0.6 is 11.8 Å². The molecule has 1 aromatic heterocycles. The largest absolute Gasteiger partial charge is 0.322 e. The number of pyridine rings is 1. The molecule has 0 atom stereocenters. The monoisotopic (exact) mass is 348 g/mol. The molecule has 4 heteroatoms. The number of aromatic nitrogens is 1. The summed E-state index contributed by atoms with van der Waals surface area (Å²) < 4.78 is 0. The molecule has 3 rings (SSSR count). The quantitative estimate of drug-likeness (QED) is 0.696. The van der Waals surface area contributed by atoms with Crippen LogP contribution in [0.4, 0.5) is 5.69 Å². The first-order valence-electron chi connectivity index (χ1n) is 8.11. The zero-order valence-corrected chi connectivity index (χ0v) is 14.9. The molecule has 3 nitrogen and oxygen atoms in total. The van der Waals surface area contributed by atoms with Crippen LogP contribution in [-0.2, 0) is 12.2 Å². The van der Waals surface area contributed by atoms with Crippen molar-refractivity contribution >= 4 is 23.4 Å². The number of nitrogens with zero attached hydrogens (tertiary/aromatic N) is 1. The second-order valence-electron chi connectivity index (χ2n) is 5.81. The molecule has 0 aliphatic rings.